The minimum absolute atomic E-state index is 0.0863. The molecule has 0 atom stereocenters. The molecule has 0 aliphatic heterocycles. The molecule has 29 heavy (non-hydrogen) atoms. The zero-order chi connectivity index (χ0) is 20.4. The molecule has 0 aliphatic rings. The smallest absolute Gasteiger partial charge is 0.336 e. The molecule has 0 saturated heterocycles. The van der Waals surface area contributed by atoms with E-state index in [4.69, 9.17) is 4.42 Å². The molecule has 1 heterocycles. The molecule has 146 valence electrons. The van der Waals surface area contributed by atoms with Crippen LogP contribution in [0.25, 0.3) is 21.7 Å². The summed E-state index contributed by atoms with van der Waals surface area (Å²) in [4.78, 5) is 26.1. The monoisotopic (exact) mass is 390 g/mol. The van der Waals surface area contributed by atoms with Gasteiger partial charge in [0, 0.05) is 23.7 Å². The van der Waals surface area contributed by atoms with Crippen molar-refractivity contribution >= 4 is 33.3 Å². The largest absolute Gasteiger partial charge is 0.423 e. The third-order valence-corrected chi connectivity index (χ3v) is 4.68. The van der Waals surface area contributed by atoms with Crippen LogP contribution in [0.4, 0.5) is 10.1 Å². The van der Waals surface area contributed by atoms with E-state index in [1.807, 2.05) is 30.3 Å². The van der Waals surface area contributed by atoms with E-state index in [2.05, 4.69) is 5.32 Å². The highest BCUT2D eigenvalue weighted by atomic mass is 19.1. The van der Waals surface area contributed by atoms with Gasteiger partial charge in [-0.2, -0.15) is 0 Å². The lowest BCUT2D eigenvalue weighted by molar-refractivity contribution is -0.117. The number of rotatable bonds is 5. The third kappa shape index (κ3) is 4.17. The number of halogens is 1. The lowest BCUT2D eigenvalue weighted by Crippen LogP contribution is -2.30. The Morgan fingerprint density at radius 2 is 1.90 bits per heavy atom. The second-order valence-corrected chi connectivity index (χ2v) is 6.98. The highest BCUT2D eigenvalue weighted by Gasteiger charge is 2.13. The van der Waals surface area contributed by atoms with E-state index in [9.17, 15) is 14.0 Å². The first-order chi connectivity index (χ1) is 14.0. The lowest BCUT2D eigenvalue weighted by atomic mass is 10.0. The Labute approximate surface area is 166 Å². The van der Waals surface area contributed by atoms with Crippen LogP contribution in [0.2, 0.25) is 0 Å². The van der Waals surface area contributed by atoms with Crippen LogP contribution in [0.5, 0.6) is 0 Å². The number of anilines is 1. The van der Waals surface area contributed by atoms with Gasteiger partial charge in [0.15, 0.2) is 0 Å². The fraction of sp³-hybridized carbons (Fsp3) is 0.130. The molecule has 0 unspecified atom stereocenters. The number of hydrogen-bond donors (Lipinski definition) is 1. The van der Waals surface area contributed by atoms with Gasteiger partial charge in [-0.15, -0.1) is 0 Å². The summed E-state index contributed by atoms with van der Waals surface area (Å²) in [6.07, 6.45) is 0. The van der Waals surface area contributed by atoms with Crippen LogP contribution in [-0.4, -0.2) is 24.4 Å². The van der Waals surface area contributed by atoms with Gasteiger partial charge in [0.1, 0.15) is 11.4 Å². The summed E-state index contributed by atoms with van der Waals surface area (Å²) in [6.45, 7) is 0.468. The molecule has 0 radical (unpaired) electrons. The second kappa shape index (κ2) is 7.85. The van der Waals surface area contributed by atoms with Gasteiger partial charge in [-0.05, 0) is 47.6 Å². The van der Waals surface area contributed by atoms with E-state index in [0.717, 1.165) is 21.7 Å². The normalized spacial score (nSPS) is 11.3. The molecular weight excluding hydrogens is 371 g/mol. The summed E-state index contributed by atoms with van der Waals surface area (Å²) < 4.78 is 18.7. The zero-order valence-electron chi connectivity index (χ0n) is 15.8. The number of nitrogens with zero attached hydrogens (tertiary/aromatic N) is 1. The van der Waals surface area contributed by atoms with Crippen LogP contribution < -0.4 is 10.9 Å². The molecule has 5 nitrogen and oxygen atoms in total. The van der Waals surface area contributed by atoms with Crippen LogP contribution >= 0.6 is 0 Å². The van der Waals surface area contributed by atoms with E-state index >= 15 is 0 Å². The maximum atomic E-state index is 13.3. The molecule has 0 saturated carbocycles. The summed E-state index contributed by atoms with van der Waals surface area (Å²) in [7, 11) is 1.79. The number of fused-ring (bicyclic) bond motifs is 3. The lowest BCUT2D eigenvalue weighted by Gasteiger charge is -2.18. The summed E-state index contributed by atoms with van der Waals surface area (Å²) in [5.41, 5.74) is 1.28. The van der Waals surface area contributed by atoms with Crippen LogP contribution in [0, 0.1) is 5.82 Å². The van der Waals surface area contributed by atoms with Crippen molar-refractivity contribution in [1.29, 1.82) is 0 Å². The number of benzene rings is 3. The highest BCUT2D eigenvalue weighted by Crippen LogP contribution is 2.27. The summed E-state index contributed by atoms with van der Waals surface area (Å²) in [6, 6.07) is 18.8. The molecule has 0 aliphatic carbocycles. The van der Waals surface area contributed by atoms with Gasteiger partial charge in [0.25, 0.3) is 0 Å². The van der Waals surface area contributed by atoms with E-state index < -0.39 is 11.4 Å². The molecule has 1 amide bonds. The Balaban J connectivity index is 1.59. The van der Waals surface area contributed by atoms with Crippen molar-refractivity contribution in [3.05, 3.63) is 88.5 Å². The standard InChI is InChI=1S/C23H19FN2O3/c1-26(14-21(27)25-18-7-4-6-17(24)12-18)13-16-11-22(28)29-20-10-9-15-5-2-3-8-19(15)23(16)20/h2-12H,13-14H2,1H3,(H,25,27). The quantitative estimate of drug-likeness (QED) is 0.411. The fourth-order valence-corrected chi connectivity index (χ4v) is 3.50. The van der Waals surface area contributed by atoms with Gasteiger partial charge in [0.2, 0.25) is 5.91 Å². The topological polar surface area (TPSA) is 62.6 Å². The summed E-state index contributed by atoms with van der Waals surface area (Å²) >= 11 is 0. The van der Waals surface area contributed by atoms with Crippen LogP contribution in [0.15, 0.2) is 75.9 Å². The van der Waals surface area contributed by atoms with E-state index in [1.165, 1.54) is 24.3 Å². The predicted molar refractivity (Wildman–Crippen MR) is 111 cm³/mol. The number of amides is 1. The van der Waals surface area contributed by atoms with Crippen LogP contribution in [0.3, 0.4) is 0 Å². The van der Waals surface area contributed by atoms with Gasteiger partial charge in [-0.1, -0.05) is 36.4 Å². The molecular formula is C23H19FN2O3. The fourth-order valence-electron chi connectivity index (χ4n) is 3.50. The van der Waals surface area contributed by atoms with Gasteiger partial charge in [-0.25, -0.2) is 9.18 Å². The van der Waals surface area contributed by atoms with E-state index in [-0.39, 0.29) is 12.5 Å². The first-order valence-corrected chi connectivity index (χ1v) is 9.18. The Kier molecular flexibility index (Phi) is 5.10. The number of carbonyl (C=O) groups excluding carboxylic acids is 1. The Morgan fingerprint density at radius 3 is 2.72 bits per heavy atom. The molecule has 1 aromatic heterocycles. The van der Waals surface area contributed by atoms with Gasteiger partial charge >= 0.3 is 5.63 Å². The number of likely N-dealkylation sites (N-methyl/N-ethyl adjacent to an activating group) is 1. The number of carbonyl (C=O) groups is 1. The molecule has 0 spiro atoms. The molecule has 3 aromatic carbocycles. The molecule has 0 fully saturated rings. The molecule has 1 N–H and O–H groups in total. The minimum Gasteiger partial charge on any atom is -0.423 e. The SMILES string of the molecule is CN(CC(=O)Nc1cccc(F)c1)Cc1cc(=O)oc2ccc3ccccc3c12. The molecule has 4 rings (SSSR count). The Morgan fingerprint density at radius 1 is 1.07 bits per heavy atom. The minimum atomic E-state index is -0.430. The van der Waals surface area contributed by atoms with Crippen molar-refractivity contribution in [2.24, 2.45) is 0 Å². The highest BCUT2D eigenvalue weighted by molar-refractivity contribution is 6.07. The first-order valence-electron chi connectivity index (χ1n) is 9.18. The average molecular weight is 390 g/mol. The van der Waals surface area contributed by atoms with Gasteiger partial charge < -0.3 is 9.73 Å². The van der Waals surface area contributed by atoms with Crippen molar-refractivity contribution in [2.75, 3.05) is 18.9 Å². The van der Waals surface area contributed by atoms with Crippen LogP contribution in [0.1, 0.15) is 5.56 Å². The third-order valence-electron chi connectivity index (χ3n) is 4.68. The summed E-state index contributed by atoms with van der Waals surface area (Å²) in [5.74, 6) is -0.680. The number of hydrogen-bond acceptors (Lipinski definition) is 4. The Hall–Kier alpha value is -3.51. The van der Waals surface area contributed by atoms with Crippen molar-refractivity contribution in [2.45, 2.75) is 6.54 Å². The molecule has 4 aromatic rings. The van der Waals surface area contributed by atoms with Crippen molar-refractivity contribution < 1.29 is 13.6 Å². The van der Waals surface area contributed by atoms with Crippen molar-refractivity contribution in [3.8, 4) is 0 Å². The van der Waals surface area contributed by atoms with Crippen molar-refractivity contribution in [1.82, 2.24) is 4.90 Å². The first kappa shape index (κ1) is 18.8. The van der Waals surface area contributed by atoms with E-state index in [0.29, 0.717) is 17.8 Å². The predicted octanol–water partition coefficient (Wildman–Crippen LogP) is 4.16. The molecule has 0 bridgehead atoms. The Bertz CT molecular complexity index is 1270. The van der Waals surface area contributed by atoms with Gasteiger partial charge in [-0.3, -0.25) is 9.69 Å². The zero-order valence-corrected chi connectivity index (χ0v) is 15.8. The molecule has 6 heteroatoms. The summed E-state index contributed by atoms with van der Waals surface area (Å²) in [5, 5.41) is 5.57. The number of nitrogens with one attached hydrogen (secondary N) is 1. The van der Waals surface area contributed by atoms with E-state index in [1.54, 1.807) is 24.1 Å². The maximum Gasteiger partial charge on any atom is 0.336 e. The average Bonchev–Trinajstić information content (AvgIpc) is 2.67. The van der Waals surface area contributed by atoms with Gasteiger partial charge in [0.05, 0.1) is 6.54 Å². The van der Waals surface area contributed by atoms with Crippen molar-refractivity contribution in [3.63, 3.8) is 0 Å². The second-order valence-electron chi connectivity index (χ2n) is 6.98. The maximum absolute atomic E-state index is 13.3. The van der Waals surface area contributed by atoms with Crippen LogP contribution in [-0.2, 0) is 11.3 Å².